The van der Waals surface area contributed by atoms with Crippen molar-refractivity contribution in [2.45, 2.75) is 68.3 Å². The first-order chi connectivity index (χ1) is 13.6. The van der Waals surface area contributed by atoms with E-state index in [0.717, 1.165) is 62.1 Å². The SMILES string of the molecule is O=C(CN1c2cccc3cccc(c23)S1(=O)=O)N(C1CCCC1)C1CCCC1. The van der Waals surface area contributed by atoms with E-state index >= 15 is 0 Å². The number of sulfonamides is 1. The predicted molar refractivity (Wildman–Crippen MR) is 110 cm³/mol. The quantitative estimate of drug-likeness (QED) is 0.780. The minimum absolute atomic E-state index is 0.0350. The molecule has 0 N–H and O–H groups in total. The molecule has 0 atom stereocenters. The van der Waals surface area contributed by atoms with E-state index in [1.54, 1.807) is 12.1 Å². The standard InChI is InChI=1S/C22H26N2O3S/c25-21(24(17-9-1-2-10-17)18-11-3-4-12-18)15-23-19-13-5-7-16-8-6-14-20(22(16)19)28(23,26)27/h5-8,13-14,17-18H,1-4,9-12,15H2. The minimum Gasteiger partial charge on any atom is -0.335 e. The maximum atomic E-state index is 13.5. The molecule has 0 spiro atoms. The summed E-state index contributed by atoms with van der Waals surface area (Å²) in [5.74, 6) is -0.0350. The molecule has 148 valence electrons. The second-order valence-electron chi connectivity index (χ2n) is 8.32. The highest BCUT2D eigenvalue weighted by atomic mass is 32.2. The normalized spacial score (nSPS) is 21.6. The molecule has 0 saturated heterocycles. The van der Waals surface area contributed by atoms with Gasteiger partial charge in [0.15, 0.2) is 0 Å². The summed E-state index contributed by atoms with van der Waals surface area (Å²) in [6, 6.07) is 11.5. The van der Waals surface area contributed by atoms with Crippen LogP contribution in [0.15, 0.2) is 41.3 Å². The van der Waals surface area contributed by atoms with E-state index in [9.17, 15) is 13.2 Å². The van der Waals surface area contributed by atoms with Gasteiger partial charge in [-0.05, 0) is 43.2 Å². The van der Waals surface area contributed by atoms with Crippen molar-refractivity contribution >= 4 is 32.4 Å². The lowest BCUT2D eigenvalue weighted by Gasteiger charge is -2.36. The summed E-state index contributed by atoms with van der Waals surface area (Å²) in [6.07, 6.45) is 8.83. The van der Waals surface area contributed by atoms with Crippen molar-refractivity contribution in [3.63, 3.8) is 0 Å². The fraction of sp³-hybridized carbons (Fsp3) is 0.500. The van der Waals surface area contributed by atoms with Crippen molar-refractivity contribution in [3.05, 3.63) is 36.4 Å². The molecule has 2 aliphatic carbocycles. The summed E-state index contributed by atoms with van der Waals surface area (Å²) in [5, 5.41) is 1.64. The van der Waals surface area contributed by atoms with Crippen LogP contribution in [0.5, 0.6) is 0 Å². The fourth-order valence-electron chi connectivity index (χ4n) is 5.40. The Morgan fingerprint density at radius 1 is 0.929 bits per heavy atom. The Hall–Kier alpha value is -2.08. The maximum Gasteiger partial charge on any atom is 0.265 e. The van der Waals surface area contributed by atoms with Crippen molar-refractivity contribution < 1.29 is 13.2 Å². The lowest BCUT2D eigenvalue weighted by atomic mass is 10.1. The van der Waals surface area contributed by atoms with Gasteiger partial charge in [0.05, 0.1) is 10.6 Å². The summed E-state index contributed by atoms with van der Waals surface area (Å²) < 4.78 is 27.8. The summed E-state index contributed by atoms with van der Waals surface area (Å²) in [6.45, 7) is -0.0941. The number of nitrogens with zero attached hydrogens (tertiary/aromatic N) is 2. The molecule has 1 amide bonds. The van der Waals surface area contributed by atoms with E-state index < -0.39 is 10.0 Å². The van der Waals surface area contributed by atoms with E-state index in [2.05, 4.69) is 4.90 Å². The molecule has 0 aromatic heterocycles. The molecule has 0 radical (unpaired) electrons. The molecule has 0 bridgehead atoms. The molecule has 2 saturated carbocycles. The van der Waals surface area contributed by atoms with Gasteiger partial charge in [-0.1, -0.05) is 49.9 Å². The van der Waals surface area contributed by atoms with Crippen molar-refractivity contribution in [2.75, 3.05) is 10.8 Å². The average molecular weight is 399 g/mol. The maximum absolute atomic E-state index is 13.5. The molecule has 1 aliphatic heterocycles. The Morgan fingerprint density at radius 3 is 2.11 bits per heavy atom. The van der Waals surface area contributed by atoms with Gasteiger partial charge in [-0.3, -0.25) is 9.10 Å². The zero-order valence-electron chi connectivity index (χ0n) is 16.0. The lowest BCUT2D eigenvalue weighted by molar-refractivity contribution is -0.134. The molecule has 2 fully saturated rings. The summed E-state index contributed by atoms with van der Waals surface area (Å²) >= 11 is 0. The second-order valence-corrected chi connectivity index (χ2v) is 10.2. The zero-order chi connectivity index (χ0) is 19.3. The first-order valence-electron chi connectivity index (χ1n) is 10.4. The van der Waals surface area contributed by atoms with Gasteiger partial charge in [0.25, 0.3) is 10.0 Å². The highest BCUT2D eigenvalue weighted by Gasteiger charge is 2.40. The topological polar surface area (TPSA) is 57.7 Å². The number of hydrogen-bond acceptors (Lipinski definition) is 3. The van der Waals surface area contributed by atoms with Gasteiger partial charge in [-0.25, -0.2) is 8.42 Å². The zero-order valence-corrected chi connectivity index (χ0v) is 16.8. The van der Waals surface area contributed by atoms with Crippen LogP contribution in [0.1, 0.15) is 51.4 Å². The van der Waals surface area contributed by atoms with Gasteiger partial charge in [0.2, 0.25) is 5.91 Å². The molecular weight excluding hydrogens is 372 g/mol. The molecule has 1 heterocycles. The van der Waals surface area contributed by atoms with Crippen LogP contribution >= 0.6 is 0 Å². The number of rotatable bonds is 4. The molecular formula is C22H26N2O3S. The smallest absolute Gasteiger partial charge is 0.265 e. The first kappa shape index (κ1) is 18.0. The molecule has 5 rings (SSSR count). The molecule has 2 aromatic carbocycles. The summed E-state index contributed by atoms with van der Waals surface area (Å²) in [5.41, 5.74) is 0.638. The Kier molecular flexibility index (Phi) is 4.34. The van der Waals surface area contributed by atoms with Gasteiger partial charge >= 0.3 is 0 Å². The van der Waals surface area contributed by atoms with E-state index in [1.165, 1.54) is 4.31 Å². The third-order valence-corrected chi connectivity index (χ3v) is 8.49. The predicted octanol–water partition coefficient (Wildman–Crippen LogP) is 4.06. The van der Waals surface area contributed by atoms with Crippen LogP contribution in [-0.4, -0.2) is 37.9 Å². The number of anilines is 1. The molecule has 3 aliphatic rings. The van der Waals surface area contributed by atoms with Crippen LogP contribution in [0.3, 0.4) is 0 Å². The van der Waals surface area contributed by atoms with Crippen LogP contribution in [0.2, 0.25) is 0 Å². The summed E-state index contributed by atoms with van der Waals surface area (Å²) in [7, 11) is -3.69. The molecule has 6 heteroatoms. The number of carbonyl (C=O) groups excluding carboxylic acids is 1. The first-order valence-corrected chi connectivity index (χ1v) is 11.9. The number of carbonyl (C=O) groups is 1. The highest BCUT2D eigenvalue weighted by Crippen LogP contribution is 2.42. The Balaban J connectivity index is 1.49. The van der Waals surface area contributed by atoms with Crippen LogP contribution in [-0.2, 0) is 14.8 Å². The van der Waals surface area contributed by atoms with Gasteiger partial charge < -0.3 is 4.90 Å². The molecule has 0 unspecified atom stereocenters. The lowest BCUT2D eigenvalue weighted by Crippen LogP contribution is -2.49. The highest BCUT2D eigenvalue weighted by molar-refractivity contribution is 7.93. The Labute approximate surface area is 166 Å². The molecule has 5 nitrogen and oxygen atoms in total. The second kappa shape index (κ2) is 6.76. The average Bonchev–Trinajstić information content (AvgIpc) is 3.43. The van der Waals surface area contributed by atoms with E-state index in [-0.39, 0.29) is 24.5 Å². The van der Waals surface area contributed by atoms with Crippen LogP contribution in [0.25, 0.3) is 10.8 Å². The fourth-order valence-corrected chi connectivity index (χ4v) is 7.06. The van der Waals surface area contributed by atoms with Crippen molar-refractivity contribution in [1.82, 2.24) is 4.90 Å². The van der Waals surface area contributed by atoms with Crippen LogP contribution in [0.4, 0.5) is 5.69 Å². The van der Waals surface area contributed by atoms with Crippen molar-refractivity contribution in [1.29, 1.82) is 0 Å². The van der Waals surface area contributed by atoms with Crippen LogP contribution in [0, 0.1) is 0 Å². The van der Waals surface area contributed by atoms with E-state index in [0.29, 0.717) is 10.6 Å². The third-order valence-electron chi connectivity index (χ3n) is 6.68. The monoisotopic (exact) mass is 398 g/mol. The number of hydrogen-bond donors (Lipinski definition) is 0. The van der Waals surface area contributed by atoms with Gasteiger partial charge in [-0.2, -0.15) is 0 Å². The third kappa shape index (κ3) is 2.72. The van der Waals surface area contributed by atoms with Crippen molar-refractivity contribution in [3.8, 4) is 0 Å². The molecule has 2 aromatic rings. The van der Waals surface area contributed by atoms with Gasteiger partial charge in [0.1, 0.15) is 6.54 Å². The Morgan fingerprint density at radius 2 is 1.50 bits per heavy atom. The minimum atomic E-state index is -3.69. The van der Waals surface area contributed by atoms with Crippen molar-refractivity contribution in [2.24, 2.45) is 0 Å². The van der Waals surface area contributed by atoms with Crippen LogP contribution < -0.4 is 4.31 Å². The summed E-state index contributed by atoms with van der Waals surface area (Å²) in [4.78, 5) is 15.8. The van der Waals surface area contributed by atoms with Gasteiger partial charge in [-0.15, -0.1) is 0 Å². The molecule has 28 heavy (non-hydrogen) atoms. The van der Waals surface area contributed by atoms with E-state index in [4.69, 9.17) is 0 Å². The number of amides is 1. The largest absolute Gasteiger partial charge is 0.335 e. The Bertz CT molecular complexity index is 1000. The van der Waals surface area contributed by atoms with E-state index in [1.807, 2.05) is 24.3 Å². The van der Waals surface area contributed by atoms with Gasteiger partial charge in [0, 0.05) is 17.5 Å². The number of benzene rings is 2.